The molecule has 0 aliphatic rings. The number of nitrogens with zero attached hydrogens (tertiary/aromatic N) is 1. The highest BCUT2D eigenvalue weighted by Crippen LogP contribution is 2.26. The molecule has 0 fully saturated rings. The van der Waals surface area contributed by atoms with Crippen LogP contribution in [0.5, 0.6) is 0 Å². The molecule has 4 nitrogen and oxygen atoms in total. The molecule has 0 bridgehead atoms. The third-order valence-corrected chi connectivity index (χ3v) is 2.59. The highest BCUT2D eigenvalue weighted by Gasteiger charge is 2.08. The number of nitrogens with two attached hydrogens (primary N) is 1. The van der Waals surface area contributed by atoms with Crippen LogP contribution >= 0.6 is 11.5 Å². The summed E-state index contributed by atoms with van der Waals surface area (Å²) in [7, 11) is 0. The summed E-state index contributed by atoms with van der Waals surface area (Å²) in [5.41, 5.74) is 6.32. The minimum absolute atomic E-state index is 0.199. The van der Waals surface area contributed by atoms with Crippen molar-refractivity contribution in [2.75, 3.05) is 5.73 Å². The largest absolute Gasteiger partial charge is 0.478 e. The average Bonchev–Trinajstić information content (AvgIpc) is 2.51. The van der Waals surface area contributed by atoms with Gasteiger partial charge in [0.05, 0.1) is 16.0 Å². The molecular formula is C8H6N2O2S. The van der Waals surface area contributed by atoms with Crippen molar-refractivity contribution >= 4 is 33.3 Å². The molecule has 3 N–H and O–H groups in total. The van der Waals surface area contributed by atoms with Crippen LogP contribution in [0.15, 0.2) is 18.3 Å². The molecule has 2 aromatic rings. The van der Waals surface area contributed by atoms with Crippen LogP contribution in [0.1, 0.15) is 10.4 Å². The summed E-state index contributed by atoms with van der Waals surface area (Å²) in [6.45, 7) is 0. The Hall–Kier alpha value is -1.62. The number of nitrogen functional groups attached to an aromatic ring is 1. The Morgan fingerprint density at radius 1 is 1.54 bits per heavy atom. The van der Waals surface area contributed by atoms with Crippen LogP contribution in [-0.2, 0) is 0 Å². The number of carboxylic acids is 1. The summed E-state index contributed by atoms with van der Waals surface area (Å²) in [5, 5.41) is 9.51. The van der Waals surface area contributed by atoms with Crippen molar-refractivity contribution in [2.24, 2.45) is 0 Å². The van der Waals surface area contributed by atoms with Gasteiger partial charge in [-0.05, 0) is 23.7 Å². The molecule has 5 heteroatoms. The first kappa shape index (κ1) is 8.00. The molecular weight excluding hydrogens is 188 g/mol. The first-order valence-corrected chi connectivity index (χ1v) is 4.33. The summed E-state index contributed by atoms with van der Waals surface area (Å²) < 4.78 is 4.77. The molecule has 1 aromatic carbocycles. The Balaban J connectivity index is 2.77. The van der Waals surface area contributed by atoms with Gasteiger partial charge in [0.25, 0.3) is 0 Å². The van der Waals surface area contributed by atoms with E-state index >= 15 is 0 Å². The van der Waals surface area contributed by atoms with Crippen molar-refractivity contribution < 1.29 is 9.90 Å². The van der Waals surface area contributed by atoms with E-state index in [4.69, 9.17) is 10.8 Å². The number of carboxylic acid groups (broad SMARTS) is 1. The fourth-order valence-corrected chi connectivity index (χ4v) is 1.79. The number of hydrogen-bond donors (Lipinski definition) is 2. The van der Waals surface area contributed by atoms with Gasteiger partial charge in [-0.15, -0.1) is 0 Å². The van der Waals surface area contributed by atoms with Crippen molar-refractivity contribution in [1.82, 2.24) is 4.37 Å². The van der Waals surface area contributed by atoms with Crippen molar-refractivity contribution in [3.8, 4) is 0 Å². The monoisotopic (exact) mass is 194 g/mol. The maximum Gasteiger partial charge on any atom is 0.335 e. The number of benzene rings is 1. The van der Waals surface area contributed by atoms with Crippen LogP contribution in [0.25, 0.3) is 10.1 Å². The zero-order chi connectivity index (χ0) is 9.42. The Labute approximate surface area is 77.8 Å². The fourth-order valence-electron chi connectivity index (χ4n) is 1.14. The van der Waals surface area contributed by atoms with Gasteiger partial charge in [0.2, 0.25) is 0 Å². The van der Waals surface area contributed by atoms with Gasteiger partial charge in [-0.3, -0.25) is 0 Å². The van der Waals surface area contributed by atoms with Crippen LogP contribution in [0.4, 0.5) is 5.69 Å². The van der Waals surface area contributed by atoms with E-state index in [1.165, 1.54) is 17.6 Å². The van der Waals surface area contributed by atoms with Crippen LogP contribution in [-0.4, -0.2) is 15.4 Å². The number of hydrogen-bond acceptors (Lipinski definition) is 4. The minimum atomic E-state index is -0.972. The number of anilines is 1. The lowest BCUT2D eigenvalue weighted by atomic mass is 10.1. The van der Waals surface area contributed by atoms with Crippen molar-refractivity contribution in [3.05, 3.63) is 23.9 Å². The van der Waals surface area contributed by atoms with Crippen molar-refractivity contribution in [1.29, 1.82) is 0 Å². The molecule has 0 radical (unpaired) electrons. The van der Waals surface area contributed by atoms with Crippen LogP contribution < -0.4 is 5.73 Å². The van der Waals surface area contributed by atoms with Gasteiger partial charge in [0, 0.05) is 11.6 Å². The summed E-state index contributed by atoms with van der Waals surface area (Å²) in [6.07, 6.45) is 1.61. The van der Waals surface area contributed by atoms with E-state index in [0.29, 0.717) is 5.69 Å². The second kappa shape index (κ2) is 2.70. The quantitative estimate of drug-likeness (QED) is 0.675. The zero-order valence-corrected chi connectivity index (χ0v) is 7.34. The number of rotatable bonds is 1. The van der Waals surface area contributed by atoms with Crippen molar-refractivity contribution in [2.45, 2.75) is 0 Å². The molecule has 0 aliphatic carbocycles. The van der Waals surface area contributed by atoms with Gasteiger partial charge in [0.15, 0.2) is 0 Å². The number of fused-ring (bicyclic) bond motifs is 1. The van der Waals surface area contributed by atoms with Gasteiger partial charge in [-0.25, -0.2) is 4.79 Å². The highest BCUT2D eigenvalue weighted by molar-refractivity contribution is 7.14. The third kappa shape index (κ3) is 1.23. The molecule has 0 amide bonds. The second-order valence-corrected chi connectivity index (χ2v) is 3.42. The first-order valence-electron chi connectivity index (χ1n) is 3.55. The predicted octanol–water partition coefficient (Wildman–Crippen LogP) is 1.58. The first-order chi connectivity index (χ1) is 6.18. The second-order valence-electron chi connectivity index (χ2n) is 2.61. The number of carbonyl (C=O) groups is 1. The van der Waals surface area contributed by atoms with Gasteiger partial charge in [-0.1, -0.05) is 0 Å². The molecule has 0 aliphatic heterocycles. The molecule has 1 heterocycles. The Kier molecular flexibility index (Phi) is 1.66. The van der Waals surface area contributed by atoms with Crippen molar-refractivity contribution in [3.63, 3.8) is 0 Å². The molecule has 0 unspecified atom stereocenters. The molecule has 2 rings (SSSR count). The molecule has 13 heavy (non-hydrogen) atoms. The smallest absolute Gasteiger partial charge is 0.335 e. The average molecular weight is 194 g/mol. The zero-order valence-electron chi connectivity index (χ0n) is 6.52. The molecule has 66 valence electrons. The molecule has 1 aromatic heterocycles. The van der Waals surface area contributed by atoms with Gasteiger partial charge in [0.1, 0.15) is 0 Å². The lowest BCUT2D eigenvalue weighted by molar-refractivity contribution is 0.0697. The standard InChI is InChI=1S/C8H6N2O2S/c9-6-2-4(8(11)12)1-5-3-10-13-7(5)6/h1-3H,9H2,(H,11,12). The van der Waals surface area contributed by atoms with E-state index in [9.17, 15) is 4.79 Å². The minimum Gasteiger partial charge on any atom is -0.478 e. The SMILES string of the molecule is Nc1cc(C(=O)O)cc2cnsc12. The topological polar surface area (TPSA) is 76.2 Å². The fraction of sp³-hybridized carbons (Fsp3) is 0. The Bertz CT molecular complexity index is 478. The van der Waals surface area contributed by atoms with Gasteiger partial charge in [-0.2, -0.15) is 4.37 Å². The van der Waals surface area contributed by atoms with Gasteiger partial charge >= 0.3 is 5.97 Å². The summed E-state index contributed by atoms with van der Waals surface area (Å²) >= 11 is 1.27. The number of aromatic carboxylic acids is 1. The van der Waals surface area contributed by atoms with E-state index in [2.05, 4.69) is 4.37 Å². The van der Waals surface area contributed by atoms with E-state index in [-0.39, 0.29) is 5.56 Å². The van der Waals surface area contributed by atoms with Crippen LogP contribution in [0.3, 0.4) is 0 Å². The summed E-state index contributed by atoms with van der Waals surface area (Å²) in [6, 6.07) is 3.01. The number of aromatic nitrogens is 1. The van der Waals surface area contributed by atoms with E-state index in [1.54, 1.807) is 12.3 Å². The third-order valence-electron chi connectivity index (χ3n) is 1.73. The summed E-state index contributed by atoms with van der Waals surface area (Å²) in [5.74, 6) is -0.972. The maximum atomic E-state index is 10.6. The summed E-state index contributed by atoms with van der Waals surface area (Å²) in [4.78, 5) is 10.6. The lowest BCUT2D eigenvalue weighted by Gasteiger charge is -1.97. The lowest BCUT2D eigenvalue weighted by Crippen LogP contribution is -1.97. The highest BCUT2D eigenvalue weighted by atomic mass is 32.1. The van der Waals surface area contributed by atoms with E-state index in [0.717, 1.165) is 10.1 Å². The Morgan fingerprint density at radius 3 is 3.00 bits per heavy atom. The van der Waals surface area contributed by atoms with Crippen LogP contribution in [0, 0.1) is 0 Å². The van der Waals surface area contributed by atoms with E-state index < -0.39 is 5.97 Å². The van der Waals surface area contributed by atoms with E-state index in [1.807, 2.05) is 0 Å². The normalized spacial score (nSPS) is 10.5. The molecule has 0 atom stereocenters. The molecule has 0 saturated carbocycles. The van der Waals surface area contributed by atoms with Crippen LogP contribution in [0.2, 0.25) is 0 Å². The Morgan fingerprint density at radius 2 is 2.31 bits per heavy atom. The predicted molar refractivity (Wildman–Crippen MR) is 51.0 cm³/mol. The van der Waals surface area contributed by atoms with Gasteiger partial charge < -0.3 is 10.8 Å². The molecule has 0 spiro atoms. The molecule has 0 saturated heterocycles. The maximum absolute atomic E-state index is 10.6.